The fourth-order valence-electron chi connectivity index (χ4n) is 3.68. The smallest absolute Gasteiger partial charge is 0.0889 e. The van der Waals surface area contributed by atoms with Crippen molar-refractivity contribution in [3.8, 4) is 0 Å². The zero-order valence-electron chi connectivity index (χ0n) is 14.6. The zero-order valence-corrected chi connectivity index (χ0v) is 15.4. The molecule has 1 aromatic carbocycles. The van der Waals surface area contributed by atoms with Gasteiger partial charge in [-0.3, -0.25) is 15.2 Å². The molecule has 0 saturated carbocycles. The molecule has 130 valence electrons. The topological polar surface area (TPSA) is 34.1 Å². The van der Waals surface area contributed by atoms with Crippen molar-refractivity contribution in [3.63, 3.8) is 0 Å². The van der Waals surface area contributed by atoms with Gasteiger partial charge in [-0.15, -0.1) is 11.8 Å². The number of nitrogens with zero attached hydrogens (tertiary/aromatic N) is 4. The summed E-state index contributed by atoms with van der Waals surface area (Å²) in [4.78, 5) is 13.2. The van der Waals surface area contributed by atoms with Crippen LogP contribution in [0.5, 0.6) is 0 Å². The Balaban J connectivity index is 1.40. The third kappa shape index (κ3) is 3.33. The van der Waals surface area contributed by atoms with E-state index < -0.39 is 0 Å². The number of fused-ring (bicyclic) bond motifs is 3. The Morgan fingerprint density at radius 1 is 1.25 bits per heavy atom. The average molecular weight is 346 g/mol. The van der Waals surface area contributed by atoms with Crippen LogP contribution in [0.2, 0.25) is 0 Å². The second-order valence-electron chi connectivity index (χ2n) is 7.11. The minimum absolute atomic E-state index is 0.440. The van der Waals surface area contributed by atoms with E-state index in [1.807, 2.05) is 11.8 Å². The molecule has 1 fully saturated rings. The molecule has 3 aliphatic heterocycles. The first kappa shape index (κ1) is 16.4. The molecular formula is C18H27N5S. The van der Waals surface area contributed by atoms with Gasteiger partial charge in [-0.1, -0.05) is 6.07 Å². The van der Waals surface area contributed by atoms with Crippen molar-refractivity contribution in [2.24, 2.45) is 4.99 Å². The minimum atomic E-state index is 0.440. The van der Waals surface area contributed by atoms with Crippen molar-refractivity contribution in [2.45, 2.75) is 16.2 Å². The Kier molecular flexibility index (Phi) is 4.81. The maximum Gasteiger partial charge on any atom is 0.0889 e. The summed E-state index contributed by atoms with van der Waals surface area (Å²) in [5, 5.41) is 3.96. The van der Waals surface area contributed by atoms with Gasteiger partial charge in [0.2, 0.25) is 0 Å². The van der Waals surface area contributed by atoms with E-state index in [0.717, 1.165) is 39.4 Å². The molecule has 0 aliphatic carbocycles. The van der Waals surface area contributed by atoms with E-state index in [0.29, 0.717) is 11.3 Å². The third-order valence-corrected chi connectivity index (χ3v) is 6.51. The molecule has 2 atom stereocenters. The first-order valence-electron chi connectivity index (χ1n) is 8.87. The van der Waals surface area contributed by atoms with Crippen LogP contribution in [-0.2, 0) is 0 Å². The molecule has 3 heterocycles. The number of nitrogens with one attached hydrogen (secondary N) is 1. The second kappa shape index (κ2) is 7.04. The number of rotatable bonds is 4. The van der Waals surface area contributed by atoms with Crippen LogP contribution in [0, 0.1) is 0 Å². The van der Waals surface area contributed by atoms with E-state index in [1.54, 1.807) is 0 Å². The van der Waals surface area contributed by atoms with Crippen molar-refractivity contribution < 1.29 is 0 Å². The predicted octanol–water partition coefficient (Wildman–Crippen LogP) is 1.52. The van der Waals surface area contributed by atoms with Crippen molar-refractivity contribution in [1.82, 2.24) is 15.1 Å². The molecular weight excluding hydrogens is 318 g/mol. The number of benzene rings is 1. The molecule has 1 aromatic rings. The summed E-state index contributed by atoms with van der Waals surface area (Å²) in [6.45, 7) is 7.66. The maximum atomic E-state index is 4.40. The second-order valence-corrected chi connectivity index (χ2v) is 8.30. The highest BCUT2D eigenvalue weighted by atomic mass is 32.2. The Labute approximate surface area is 149 Å². The van der Waals surface area contributed by atoms with Crippen molar-refractivity contribution in [3.05, 3.63) is 23.8 Å². The molecule has 0 radical (unpaired) electrons. The lowest BCUT2D eigenvalue weighted by Crippen LogP contribution is -2.48. The van der Waals surface area contributed by atoms with Crippen LogP contribution in [0.15, 0.2) is 28.1 Å². The first-order valence-corrected chi connectivity index (χ1v) is 9.74. The molecule has 1 saturated heterocycles. The molecule has 0 aromatic heterocycles. The van der Waals surface area contributed by atoms with E-state index in [-0.39, 0.29) is 0 Å². The van der Waals surface area contributed by atoms with E-state index in [2.05, 4.69) is 63.5 Å². The molecule has 0 spiro atoms. The summed E-state index contributed by atoms with van der Waals surface area (Å²) in [7, 11) is 4.30. The van der Waals surface area contributed by atoms with Gasteiger partial charge < -0.3 is 9.80 Å². The third-order valence-electron chi connectivity index (χ3n) is 5.19. The first-order chi connectivity index (χ1) is 11.7. The number of hydrogen-bond donors (Lipinski definition) is 1. The largest absolute Gasteiger partial charge is 0.369 e. The van der Waals surface area contributed by atoms with Gasteiger partial charge in [0, 0.05) is 62.0 Å². The maximum absolute atomic E-state index is 4.40. The molecule has 3 aliphatic rings. The summed E-state index contributed by atoms with van der Waals surface area (Å²) >= 11 is 1.97. The molecule has 24 heavy (non-hydrogen) atoms. The highest BCUT2D eigenvalue weighted by Gasteiger charge is 2.34. The van der Waals surface area contributed by atoms with Crippen molar-refractivity contribution in [1.29, 1.82) is 0 Å². The predicted molar refractivity (Wildman–Crippen MR) is 103 cm³/mol. The van der Waals surface area contributed by atoms with Gasteiger partial charge in [-0.05, 0) is 31.8 Å². The van der Waals surface area contributed by atoms with Gasteiger partial charge in [-0.2, -0.15) is 0 Å². The minimum Gasteiger partial charge on any atom is -0.369 e. The van der Waals surface area contributed by atoms with E-state index in [9.17, 15) is 0 Å². The summed E-state index contributed by atoms with van der Waals surface area (Å²) in [5.74, 6) is 0.440. The van der Waals surface area contributed by atoms with Gasteiger partial charge in [0.05, 0.1) is 12.0 Å². The van der Waals surface area contributed by atoms with E-state index in [1.165, 1.54) is 22.7 Å². The zero-order chi connectivity index (χ0) is 16.5. The molecule has 4 rings (SSSR count). The lowest BCUT2D eigenvalue weighted by Gasteiger charge is -2.36. The van der Waals surface area contributed by atoms with Gasteiger partial charge in [0.15, 0.2) is 0 Å². The lowest BCUT2D eigenvalue weighted by atomic mass is 9.99. The summed E-state index contributed by atoms with van der Waals surface area (Å²) in [6.07, 6.45) is 2.13. The molecule has 1 N–H and O–H groups in total. The van der Waals surface area contributed by atoms with Crippen LogP contribution < -0.4 is 10.2 Å². The summed E-state index contributed by atoms with van der Waals surface area (Å²) < 4.78 is 0. The Morgan fingerprint density at radius 2 is 2.08 bits per heavy atom. The Morgan fingerprint density at radius 3 is 2.88 bits per heavy atom. The number of aliphatic imine (C=N–C) groups is 1. The highest BCUT2D eigenvalue weighted by molar-refractivity contribution is 8.00. The Hall–Kier alpha value is -1.08. The van der Waals surface area contributed by atoms with Gasteiger partial charge in [-0.25, -0.2) is 0 Å². The monoisotopic (exact) mass is 345 g/mol. The van der Waals surface area contributed by atoms with Crippen LogP contribution >= 0.6 is 11.8 Å². The molecule has 2 unspecified atom stereocenters. The highest BCUT2D eigenvalue weighted by Crippen LogP contribution is 2.45. The normalized spacial score (nSPS) is 26.7. The van der Waals surface area contributed by atoms with Gasteiger partial charge >= 0.3 is 0 Å². The lowest BCUT2D eigenvalue weighted by molar-refractivity contribution is 0.229. The van der Waals surface area contributed by atoms with Crippen LogP contribution in [0.25, 0.3) is 0 Å². The average Bonchev–Trinajstić information content (AvgIpc) is 2.98. The number of hydrogen-bond acceptors (Lipinski definition) is 6. The standard InChI is InChI=1S/C18H27N5S/c1-21(2)5-6-22-7-9-23(10-8-22)14-3-4-15-16-12-19-13-20-18(16)24-17(15)11-14/h3-4,11-12,16,18,20H,5-10,13H2,1-2H3. The van der Waals surface area contributed by atoms with E-state index >= 15 is 0 Å². The summed E-state index contributed by atoms with van der Waals surface area (Å²) in [5.41, 5.74) is 2.82. The van der Waals surface area contributed by atoms with Gasteiger partial charge in [0.25, 0.3) is 0 Å². The van der Waals surface area contributed by atoms with Crippen LogP contribution in [0.4, 0.5) is 5.69 Å². The quantitative estimate of drug-likeness (QED) is 0.895. The molecule has 0 amide bonds. The van der Waals surface area contributed by atoms with Crippen molar-refractivity contribution in [2.75, 3.05) is 64.9 Å². The van der Waals surface area contributed by atoms with Gasteiger partial charge in [0.1, 0.15) is 0 Å². The van der Waals surface area contributed by atoms with Crippen molar-refractivity contribution >= 4 is 23.7 Å². The summed E-state index contributed by atoms with van der Waals surface area (Å²) in [6, 6.07) is 7.02. The number of piperazine rings is 1. The number of anilines is 1. The number of likely N-dealkylation sites (N-methyl/N-ethyl adjacent to an activating group) is 1. The Bertz CT molecular complexity index is 609. The fourth-order valence-corrected chi connectivity index (χ4v) is 5.00. The van der Waals surface area contributed by atoms with E-state index in [4.69, 9.17) is 0 Å². The molecule has 6 heteroatoms. The van der Waals surface area contributed by atoms with Crippen LogP contribution in [-0.4, -0.2) is 81.4 Å². The molecule has 5 nitrogen and oxygen atoms in total. The SMILES string of the molecule is CN(C)CCN1CCN(c2ccc3c(c2)SC2NCN=CC32)CC1. The fraction of sp³-hybridized carbons (Fsp3) is 0.611. The van der Waals surface area contributed by atoms with Crippen LogP contribution in [0.3, 0.4) is 0 Å². The molecule has 0 bridgehead atoms. The van der Waals surface area contributed by atoms with Crippen LogP contribution in [0.1, 0.15) is 11.5 Å². The number of thioether (sulfide) groups is 1.